The molecule has 0 radical (unpaired) electrons. The summed E-state index contributed by atoms with van der Waals surface area (Å²) in [5.74, 6) is -0.337. The first-order chi connectivity index (χ1) is 9.35. The van der Waals surface area contributed by atoms with Crippen molar-refractivity contribution in [3.63, 3.8) is 0 Å². The molecular formula is C15H25FN2O2. The molecule has 1 aromatic rings. The van der Waals surface area contributed by atoms with E-state index in [1.807, 2.05) is 27.7 Å². The van der Waals surface area contributed by atoms with Crippen LogP contribution in [0.1, 0.15) is 39.7 Å². The average Bonchev–Trinajstić information content (AvgIpc) is 2.39. The van der Waals surface area contributed by atoms with Gasteiger partial charge in [0.2, 0.25) is 0 Å². The first-order valence-corrected chi connectivity index (χ1v) is 6.90. The Labute approximate surface area is 120 Å². The van der Waals surface area contributed by atoms with Gasteiger partial charge in [-0.15, -0.1) is 0 Å². The van der Waals surface area contributed by atoms with Crippen molar-refractivity contribution < 1.29 is 13.9 Å². The number of hydrogen-bond donors (Lipinski definition) is 1. The van der Waals surface area contributed by atoms with Crippen molar-refractivity contribution in [3.05, 3.63) is 23.6 Å². The zero-order chi connectivity index (χ0) is 15.2. The molecule has 1 heterocycles. The van der Waals surface area contributed by atoms with E-state index in [0.29, 0.717) is 31.2 Å². The maximum Gasteiger partial charge on any atom is 0.250 e. The molecule has 0 saturated carbocycles. The summed E-state index contributed by atoms with van der Waals surface area (Å²) in [6.07, 6.45) is 2.23. The molecule has 1 aromatic heterocycles. The molecule has 0 bridgehead atoms. The van der Waals surface area contributed by atoms with Gasteiger partial charge in [0.1, 0.15) is 0 Å². The van der Waals surface area contributed by atoms with E-state index < -0.39 is 5.82 Å². The molecule has 0 aliphatic carbocycles. The molecule has 0 fully saturated rings. The van der Waals surface area contributed by atoms with Crippen LogP contribution in [0, 0.1) is 5.82 Å². The monoisotopic (exact) mass is 284 g/mol. The summed E-state index contributed by atoms with van der Waals surface area (Å²) in [5, 5.41) is 3.18. The molecule has 0 spiro atoms. The largest absolute Gasteiger partial charge is 0.475 e. The lowest BCUT2D eigenvalue weighted by molar-refractivity contribution is 0.00471. The summed E-state index contributed by atoms with van der Waals surface area (Å²) in [5.41, 5.74) is 0.280. The zero-order valence-corrected chi connectivity index (χ0v) is 13.0. The SMILES string of the molecule is COC(C)(C)CCOc1nccc(CNC(C)C)c1F. The Bertz CT molecular complexity index is 422. The highest BCUT2D eigenvalue weighted by Gasteiger charge is 2.17. The fourth-order valence-corrected chi connectivity index (χ4v) is 1.51. The van der Waals surface area contributed by atoms with E-state index in [0.717, 1.165) is 0 Å². The van der Waals surface area contributed by atoms with Gasteiger partial charge in [0.25, 0.3) is 5.88 Å². The van der Waals surface area contributed by atoms with Gasteiger partial charge in [0.15, 0.2) is 5.82 Å². The van der Waals surface area contributed by atoms with E-state index >= 15 is 0 Å². The molecule has 0 aliphatic heterocycles. The van der Waals surface area contributed by atoms with E-state index in [4.69, 9.17) is 9.47 Å². The van der Waals surface area contributed by atoms with Crippen LogP contribution in [0.2, 0.25) is 0 Å². The van der Waals surface area contributed by atoms with Crippen LogP contribution in [-0.2, 0) is 11.3 Å². The quantitative estimate of drug-likeness (QED) is 0.797. The Hall–Kier alpha value is -1.20. The van der Waals surface area contributed by atoms with Crippen LogP contribution in [0.5, 0.6) is 5.88 Å². The maximum absolute atomic E-state index is 14.2. The highest BCUT2D eigenvalue weighted by molar-refractivity contribution is 5.23. The molecule has 0 amide bonds. The molecule has 20 heavy (non-hydrogen) atoms. The van der Waals surface area contributed by atoms with Crippen molar-refractivity contribution >= 4 is 0 Å². The van der Waals surface area contributed by atoms with Crippen LogP contribution in [0.25, 0.3) is 0 Å². The summed E-state index contributed by atoms with van der Waals surface area (Å²) < 4.78 is 24.9. The third-order valence-corrected chi connectivity index (χ3v) is 3.13. The number of halogens is 1. The van der Waals surface area contributed by atoms with Gasteiger partial charge in [-0.1, -0.05) is 13.8 Å². The summed E-state index contributed by atoms with van der Waals surface area (Å²) >= 11 is 0. The first-order valence-electron chi connectivity index (χ1n) is 6.90. The molecule has 0 atom stereocenters. The zero-order valence-electron chi connectivity index (χ0n) is 13.0. The van der Waals surface area contributed by atoms with Gasteiger partial charge in [0.05, 0.1) is 12.2 Å². The van der Waals surface area contributed by atoms with E-state index in [9.17, 15) is 4.39 Å². The van der Waals surface area contributed by atoms with Crippen molar-refractivity contribution in [1.29, 1.82) is 0 Å². The van der Waals surface area contributed by atoms with Gasteiger partial charge in [-0.25, -0.2) is 9.37 Å². The molecule has 5 heteroatoms. The van der Waals surface area contributed by atoms with Crippen molar-refractivity contribution in [1.82, 2.24) is 10.3 Å². The third-order valence-electron chi connectivity index (χ3n) is 3.13. The van der Waals surface area contributed by atoms with Gasteiger partial charge >= 0.3 is 0 Å². The molecule has 1 N–H and O–H groups in total. The predicted octanol–water partition coefficient (Wildman–Crippen LogP) is 2.91. The predicted molar refractivity (Wildman–Crippen MR) is 77.4 cm³/mol. The van der Waals surface area contributed by atoms with Crippen LogP contribution in [0.3, 0.4) is 0 Å². The molecule has 0 unspecified atom stereocenters. The van der Waals surface area contributed by atoms with Gasteiger partial charge < -0.3 is 14.8 Å². The number of pyridine rings is 1. The van der Waals surface area contributed by atoms with E-state index in [2.05, 4.69) is 10.3 Å². The summed E-state index contributed by atoms with van der Waals surface area (Å²) in [4.78, 5) is 3.95. The lowest BCUT2D eigenvalue weighted by Gasteiger charge is -2.22. The Kier molecular flexibility index (Phi) is 6.36. The summed E-state index contributed by atoms with van der Waals surface area (Å²) in [6.45, 7) is 8.79. The second kappa shape index (κ2) is 7.55. The number of ether oxygens (including phenoxy) is 2. The Morgan fingerprint density at radius 3 is 2.70 bits per heavy atom. The molecule has 1 rings (SSSR count). The molecule has 4 nitrogen and oxygen atoms in total. The number of nitrogens with zero attached hydrogens (tertiary/aromatic N) is 1. The lowest BCUT2D eigenvalue weighted by Crippen LogP contribution is -2.25. The second-order valence-corrected chi connectivity index (χ2v) is 5.69. The highest BCUT2D eigenvalue weighted by Crippen LogP contribution is 2.19. The van der Waals surface area contributed by atoms with Gasteiger partial charge in [-0.05, 0) is 19.9 Å². The summed E-state index contributed by atoms with van der Waals surface area (Å²) in [7, 11) is 1.65. The number of nitrogens with one attached hydrogen (secondary N) is 1. The Morgan fingerprint density at radius 2 is 2.10 bits per heavy atom. The molecular weight excluding hydrogens is 259 g/mol. The van der Waals surface area contributed by atoms with Gasteiger partial charge in [0, 0.05) is 37.9 Å². The first kappa shape index (κ1) is 16.9. The second-order valence-electron chi connectivity index (χ2n) is 5.69. The fourth-order valence-electron chi connectivity index (χ4n) is 1.51. The fraction of sp³-hybridized carbons (Fsp3) is 0.667. The van der Waals surface area contributed by atoms with Crippen LogP contribution < -0.4 is 10.1 Å². The normalized spacial score (nSPS) is 11.9. The lowest BCUT2D eigenvalue weighted by atomic mass is 10.1. The number of rotatable bonds is 8. The smallest absolute Gasteiger partial charge is 0.250 e. The van der Waals surface area contributed by atoms with Crippen LogP contribution in [0.4, 0.5) is 4.39 Å². The topological polar surface area (TPSA) is 43.4 Å². The number of aromatic nitrogens is 1. The van der Waals surface area contributed by atoms with Crippen molar-refractivity contribution in [3.8, 4) is 5.88 Å². The molecule has 0 saturated heterocycles. The third kappa shape index (κ3) is 5.43. The molecule has 114 valence electrons. The van der Waals surface area contributed by atoms with Crippen molar-refractivity contribution in [2.45, 2.75) is 52.3 Å². The van der Waals surface area contributed by atoms with Gasteiger partial charge in [-0.3, -0.25) is 0 Å². The van der Waals surface area contributed by atoms with E-state index in [1.54, 1.807) is 19.4 Å². The molecule has 0 aromatic carbocycles. The number of methoxy groups -OCH3 is 1. The van der Waals surface area contributed by atoms with Gasteiger partial charge in [-0.2, -0.15) is 0 Å². The highest BCUT2D eigenvalue weighted by atomic mass is 19.1. The van der Waals surface area contributed by atoms with Crippen LogP contribution in [-0.4, -0.2) is 30.3 Å². The average molecular weight is 284 g/mol. The van der Waals surface area contributed by atoms with Crippen molar-refractivity contribution in [2.75, 3.05) is 13.7 Å². The molecule has 0 aliphatic rings. The Balaban J connectivity index is 2.60. The minimum atomic E-state index is -0.393. The number of hydrogen-bond acceptors (Lipinski definition) is 4. The van der Waals surface area contributed by atoms with Crippen LogP contribution in [0.15, 0.2) is 12.3 Å². The van der Waals surface area contributed by atoms with E-state index in [1.165, 1.54) is 0 Å². The standard InChI is InChI=1S/C15H25FN2O2/c1-11(2)18-10-12-6-8-17-14(13(12)16)20-9-7-15(3,4)19-5/h6,8,11,18H,7,9-10H2,1-5H3. The van der Waals surface area contributed by atoms with Crippen LogP contribution >= 0.6 is 0 Å². The Morgan fingerprint density at radius 1 is 1.40 bits per heavy atom. The minimum Gasteiger partial charge on any atom is -0.475 e. The summed E-state index contributed by atoms with van der Waals surface area (Å²) in [6, 6.07) is 1.96. The van der Waals surface area contributed by atoms with E-state index in [-0.39, 0.29) is 11.5 Å². The van der Waals surface area contributed by atoms with Crippen molar-refractivity contribution in [2.24, 2.45) is 0 Å². The minimum absolute atomic E-state index is 0.0555. The maximum atomic E-state index is 14.2.